The summed E-state index contributed by atoms with van der Waals surface area (Å²) in [6.45, 7) is 6.78. The summed E-state index contributed by atoms with van der Waals surface area (Å²) in [5.74, 6) is -0.401. The number of nitrogens with one attached hydrogen (secondary N) is 1. The molecule has 1 aromatic carbocycles. The second-order valence-corrected chi connectivity index (χ2v) is 4.97. The molecule has 6 nitrogen and oxygen atoms in total. The van der Waals surface area contributed by atoms with E-state index in [-0.39, 0.29) is 6.04 Å². The molecule has 0 amide bonds. The fourth-order valence-corrected chi connectivity index (χ4v) is 2.16. The average Bonchev–Trinajstić information content (AvgIpc) is 2.60. The summed E-state index contributed by atoms with van der Waals surface area (Å²) in [5, 5.41) is 12.3. The van der Waals surface area contributed by atoms with E-state index in [2.05, 4.69) is 10.1 Å². The SMILES string of the molecule is CCOC(OCC)C(C)N/C(=C\C#N)c1ccc(C(=O)OC)cc1. The van der Waals surface area contributed by atoms with E-state index >= 15 is 0 Å². The number of carbonyl (C=O) groups is 1. The van der Waals surface area contributed by atoms with Crippen molar-refractivity contribution in [3.63, 3.8) is 0 Å². The van der Waals surface area contributed by atoms with Gasteiger partial charge >= 0.3 is 5.97 Å². The molecule has 0 heterocycles. The van der Waals surface area contributed by atoms with E-state index in [4.69, 9.17) is 14.7 Å². The summed E-state index contributed by atoms with van der Waals surface area (Å²) >= 11 is 0. The Morgan fingerprint density at radius 1 is 1.21 bits per heavy atom. The van der Waals surface area contributed by atoms with Crippen LogP contribution in [0.25, 0.3) is 5.70 Å². The Balaban J connectivity index is 2.93. The number of hydrogen-bond donors (Lipinski definition) is 1. The van der Waals surface area contributed by atoms with E-state index in [0.717, 1.165) is 5.56 Å². The van der Waals surface area contributed by atoms with Crippen LogP contribution >= 0.6 is 0 Å². The zero-order chi connectivity index (χ0) is 17.9. The number of esters is 1. The molecular weight excluding hydrogens is 308 g/mol. The van der Waals surface area contributed by atoms with E-state index in [9.17, 15) is 4.79 Å². The van der Waals surface area contributed by atoms with Crippen molar-refractivity contribution in [2.45, 2.75) is 33.1 Å². The fourth-order valence-electron chi connectivity index (χ4n) is 2.16. The third kappa shape index (κ3) is 5.69. The zero-order valence-electron chi connectivity index (χ0n) is 14.5. The van der Waals surface area contributed by atoms with Gasteiger partial charge in [-0.15, -0.1) is 0 Å². The first-order valence-electron chi connectivity index (χ1n) is 7.85. The third-order valence-electron chi connectivity index (χ3n) is 3.28. The first kappa shape index (κ1) is 19.7. The molecule has 1 unspecified atom stereocenters. The quantitative estimate of drug-likeness (QED) is 0.425. The molecule has 0 spiro atoms. The Morgan fingerprint density at radius 3 is 2.21 bits per heavy atom. The number of allylic oxidation sites excluding steroid dienone is 1. The molecule has 130 valence electrons. The summed E-state index contributed by atoms with van der Waals surface area (Å²) in [7, 11) is 1.34. The third-order valence-corrected chi connectivity index (χ3v) is 3.28. The van der Waals surface area contributed by atoms with Gasteiger partial charge in [-0.05, 0) is 38.5 Å². The summed E-state index contributed by atoms with van der Waals surface area (Å²) in [6.07, 6.45) is 0.995. The normalized spacial score (nSPS) is 12.6. The topological polar surface area (TPSA) is 80.6 Å². The van der Waals surface area contributed by atoms with Gasteiger partial charge in [0.25, 0.3) is 0 Å². The number of nitriles is 1. The molecule has 0 aliphatic carbocycles. The minimum absolute atomic E-state index is 0.162. The first-order valence-corrected chi connectivity index (χ1v) is 7.85. The Hall–Kier alpha value is -2.36. The molecule has 0 aliphatic rings. The van der Waals surface area contributed by atoms with Crippen molar-refractivity contribution in [2.24, 2.45) is 0 Å². The van der Waals surface area contributed by atoms with Crippen molar-refractivity contribution in [3.8, 4) is 6.07 Å². The Morgan fingerprint density at radius 2 is 1.75 bits per heavy atom. The van der Waals surface area contributed by atoms with Crippen LogP contribution in [-0.4, -0.2) is 38.6 Å². The maximum absolute atomic E-state index is 11.5. The van der Waals surface area contributed by atoms with E-state index < -0.39 is 12.3 Å². The van der Waals surface area contributed by atoms with Gasteiger partial charge in [-0.25, -0.2) is 4.79 Å². The Labute approximate surface area is 143 Å². The van der Waals surface area contributed by atoms with Crippen molar-refractivity contribution in [3.05, 3.63) is 41.5 Å². The molecule has 1 aromatic rings. The van der Waals surface area contributed by atoms with Crippen LogP contribution in [0.2, 0.25) is 0 Å². The first-order chi connectivity index (χ1) is 11.6. The number of benzene rings is 1. The molecule has 0 saturated carbocycles. The van der Waals surface area contributed by atoms with Crippen molar-refractivity contribution < 1.29 is 19.0 Å². The van der Waals surface area contributed by atoms with E-state index in [0.29, 0.717) is 24.5 Å². The van der Waals surface area contributed by atoms with Gasteiger partial charge < -0.3 is 19.5 Å². The predicted molar refractivity (Wildman–Crippen MR) is 91.0 cm³/mol. The molecule has 1 atom stereocenters. The lowest BCUT2D eigenvalue weighted by molar-refractivity contribution is -0.148. The van der Waals surface area contributed by atoms with E-state index in [1.165, 1.54) is 13.2 Å². The lowest BCUT2D eigenvalue weighted by Gasteiger charge is -2.26. The van der Waals surface area contributed by atoms with Crippen molar-refractivity contribution in [1.82, 2.24) is 5.32 Å². The lowest BCUT2D eigenvalue weighted by atomic mass is 10.1. The average molecular weight is 332 g/mol. The number of rotatable bonds is 9. The van der Waals surface area contributed by atoms with E-state index in [1.54, 1.807) is 24.3 Å². The second-order valence-electron chi connectivity index (χ2n) is 4.97. The molecule has 0 radical (unpaired) electrons. The molecule has 6 heteroatoms. The van der Waals surface area contributed by atoms with Gasteiger partial charge in [0, 0.05) is 19.3 Å². The minimum Gasteiger partial charge on any atom is -0.465 e. The van der Waals surface area contributed by atoms with Crippen LogP contribution in [0.5, 0.6) is 0 Å². The molecule has 24 heavy (non-hydrogen) atoms. The summed E-state index contributed by atoms with van der Waals surface area (Å²) in [6, 6.07) is 8.68. The highest BCUT2D eigenvalue weighted by Crippen LogP contribution is 2.16. The van der Waals surface area contributed by atoms with Crippen LogP contribution in [0.4, 0.5) is 0 Å². The van der Waals surface area contributed by atoms with Gasteiger partial charge in [0.1, 0.15) is 0 Å². The van der Waals surface area contributed by atoms with Crippen molar-refractivity contribution >= 4 is 11.7 Å². The molecule has 0 aromatic heterocycles. The minimum atomic E-state index is -0.420. The van der Waals surface area contributed by atoms with E-state index in [1.807, 2.05) is 26.8 Å². The maximum Gasteiger partial charge on any atom is 0.337 e. The highest BCUT2D eigenvalue weighted by atomic mass is 16.7. The Kier molecular flexibility index (Phi) is 8.55. The van der Waals surface area contributed by atoms with Gasteiger partial charge in [-0.2, -0.15) is 5.26 Å². The van der Waals surface area contributed by atoms with Gasteiger partial charge in [0.15, 0.2) is 6.29 Å². The lowest BCUT2D eigenvalue weighted by Crippen LogP contribution is -2.40. The highest BCUT2D eigenvalue weighted by molar-refractivity contribution is 5.89. The monoisotopic (exact) mass is 332 g/mol. The van der Waals surface area contributed by atoms with Gasteiger partial charge in [-0.3, -0.25) is 0 Å². The Bertz CT molecular complexity index is 584. The molecule has 1 rings (SSSR count). The molecule has 0 aliphatic heterocycles. The molecule has 0 bridgehead atoms. The molecular formula is C18H24N2O4. The number of methoxy groups -OCH3 is 1. The van der Waals surface area contributed by atoms with Gasteiger partial charge in [-0.1, -0.05) is 12.1 Å². The van der Waals surface area contributed by atoms with Crippen LogP contribution in [0.1, 0.15) is 36.7 Å². The van der Waals surface area contributed by atoms with Crippen LogP contribution in [0, 0.1) is 11.3 Å². The summed E-state index contributed by atoms with van der Waals surface area (Å²) < 4.78 is 15.8. The standard InChI is InChI=1S/C18H24N2O4/c1-5-23-18(24-6-2)13(3)20-16(11-12-19)14-7-9-15(10-8-14)17(21)22-4/h7-11,13,18,20H,5-6H2,1-4H3/b16-11-. The maximum atomic E-state index is 11.5. The number of ether oxygens (including phenoxy) is 3. The van der Waals surface area contributed by atoms with Crippen LogP contribution in [0.15, 0.2) is 30.3 Å². The van der Waals surface area contributed by atoms with Gasteiger partial charge in [0.05, 0.1) is 30.5 Å². The van der Waals surface area contributed by atoms with Crippen LogP contribution < -0.4 is 5.32 Å². The highest BCUT2D eigenvalue weighted by Gasteiger charge is 2.19. The predicted octanol–water partition coefficient (Wildman–Crippen LogP) is 2.71. The smallest absolute Gasteiger partial charge is 0.337 e. The van der Waals surface area contributed by atoms with Gasteiger partial charge in [0.2, 0.25) is 0 Å². The van der Waals surface area contributed by atoms with Crippen LogP contribution in [0.3, 0.4) is 0 Å². The largest absolute Gasteiger partial charge is 0.465 e. The van der Waals surface area contributed by atoms with Crippen molar-refractivity contribution in [2.75, 3.05) is 20.3 Å². The second kappa shape index (κ2) is 10.4. The molecule has 0 saturated heterocycles. The molecule has 1 N–H and O–H groups in total. The number of carbonyl (C=O) groups excluding carboxylic acids is 1. The van der Waals surface area contributed by atoms with Crippen molar-refractivity contribution in [1.29, 1.82) is 5.26 Å². The summed E-state index contributed by atoms with van der Waals surface area (Å²) in [5.41, 5.74) is 1.86. The molecule has 0 fully saturated rings. The summed E-state index contributed by atoms with van der Waals surface area (Å²) in [4.78, 5) is 11.5. The fraction of sp³-hybridized carbons (Fsp3) is 0.444. The number of nitrogens with zero attached hydrogens (tertiary/aromatic N) is 1. The zero-order valence-corrected chi connectivity index (χ0v) is 14.5. The van der Waals surface area contributed by atoms with Crippen LogP contribution in [-0.2, 0) is 14.2 Å². The number of hydrogen-bond acceptors (Lipinski definition) is 6.